The van der Waals surface area contributed by atoms with Crippen LogP contribution in [0.25, 0.3) is 10.8 Å². The molecule has 138 valence electrons. The van der Waals surface area contributed by atoms with E-state index < -0.39 is 22.5 Å². The number of rotatable bonds is 5. The molecule has 0 aliphatic heterocycles. The molecule has 0 aliphatic carbocycles. The second kappa shape index (κ2) is 7.28. The van der Waals surface area contributed by atoms with Crippen LogP contribution >= 0.6 is 0 Å². The Morgan fingerprint density at radius 1 is 1.35 bits per heavy atom. The number of anilines is 1. The van der Waals surface area contributed by atoms with E-state index in [0.29, 0.717) is 22.2 Å². The summed E-state index contributed by atoms with van der Waals surface area (Å²) < 4.78 is 4.67. The number of aliphatic hydroxyl groups is 2. The van der Waals surface area contributed by atoms with Gasteiger partial charge in [-0.25, -0.2) is 4.79 Å². The van der Waals surface area contributed by atoms with Crippen molar-refractivity contribution in [1.82, 2.24) is 5.16 Å². The van der Waals surface area contributed by atoms with E-state index in [4.69, 9.17) is 0 Å². The first-order valence-electron chi connectivity index (χ1n) is 8.11. The highest BCUT2D eigenvalue weighted by Gasteiger charge is 2.39. The molecule has 1 heterocycles. The van der Waals surface area contributed by atoms with E-state index in [2.05, 4.69) is 26.8 Å². The Hall–Kier alpha value is -2.69. The van der Waals surface area contributed by atoms with Gasteiger partial charge in [0.2, 0.25) is 5.60 Å². The highest BCUT2D eigenvalue weighted by Crippen LogP contribution is 2.29. The van der Waals surface area contributed by atoms with Crippen molar-refractivity contribution in [2.45, 2.75) is 39.7 Å². The number of aryl methyl sites for hydroxylation is 1. The van der Waals surface area contributed by atoms with Gasteiger partial charge in [-0.15, -0.1) is 5.92 Å². The average Bonchev–Trinajstić information content (AvgIpc) is 2.58. The number of hydrogen-bond donors (Lipinski definition) is 3. The van der Waals surface area contributed by atoms with E-state index in [1.807, 2.05) is 0 Å². The molecule has 0 bridgehead atoms. The fourth-order valence-corrected chi connectivity index (χ4v) is 2.68. The summed E-state index contributed by atoms with van der Waals surface area (Å²) >= 11 is 0. The van der Waals surface area contributed by atoms with E-state index in [1.165, 1.54) is 19.1 Å². The molecule has 0 radical (unpaired) electrons. The molecule has 7 heteroatoms. The van der Waals surface area contributed by atoms with Crippen LogP contribution in [0.5, 0.6) is 0 Å². The molecule has 3 N–H and O–H groups in total. The molecule has 0 saturated heterocycles. The van der Waals surface area contributed by atoms with Crippen molar-refractivity contribution < 1.29 is 19.5 Å². The quantitative estimate of drug-likeness (QED) is 0.700. The van der Waals surface area contributed by atoms with Crippen LogP contribution in [0.3, 0.4) is 0 Å². The van der Waals surface area contributed by atoms with Gasteiger partial charge in [0.25, 0.3) is 5.91 Å². The third-order valence-electron chi connectivity index (χ3n) is 4.02. The van der Waals surface area contributed by atoms with Gasteiger partial charge in [-0.05, 0) is 37.5 Å². The maximum absolute atomic E-state index is 12.7. The molecule has 0 fully saturated rings. The lowest BCUT2D eigenvalue weighted by molar-refractivity contribution is -0.131. The first-order valence-corrected chi connectivity index (χ1v) is 8.11. The molecule has 0 spiro atoms. The molecule has 7 nitrogen and oxygen atoms in total. The fourth-order valence-electron chi connectivity index (χ4n) is 2.68. The molecule has 1 amide bonds. The summed E-state index contributed by atoms with van der Waals surface area (Å²) in [6, 6.07) is 4.64. The van der Waals surface area contributed by atoms with Crippen molar-refractivity contribution in [2.75, 3.05) is 11.9 Å². The van der Waals surface area contributed by atoms with Crippen LogP contribution in [-0.2, 0) is 4.79 Å². The van der Waals surface area contributed by atoms with Crippen molar-refractivity contribution in [3.63, 3.8) is 0 Å². The van der Waals surface area contributed by atoms with E-state index in [1.54, 1.807) is 26.8 Å². The summed E-state index contributed by atoms with van der Waals surface area (Å²) in [5.41, 5.74) is -2.34. The molecular weight excluding hydrogens is 336 g/mol. The highest BCUT2D eigenvalue weighted by molar-refractivity contribution is 6.01. The molecular formula is C19H22N2O5. The van der Waals surface area contributed by atoms with Crippen molar-refractivity contribution in [2.24, 2.45) is 5.41 Å². The van der Waals surface area contributed by atoms with Crippen LogP contribution < -0.4 is 10.9 Å². The zero-order valence-corrected chi connectivity index (χ0v) is 15.2. The molecule has 2 aromatic rings. The number of carbonyl (C=O) groups excluding carboxylic acids is 1. The van der Waals surface area contributed by atoms with Gasteiger partial charge in [0.1, 0.15) is 0 Å². The van der Waals surface area contributed by atoms with Crippen molar-refractivity contribution >= 4 is 22.4 Å². The normalized spacial score (nSPS) is 13.6. The molecule has 26 heavy (non-hydrogen) atoms. The minimum atomic E-state index is -1.96. The number of hydrogen-bond acceptors (Lipinski definition) is 6. The predicted molar refractivity (Wildman–Crippen MR) is 97.5 cm³/mol. The third kappa shape index (κ3) is 4.10. The molecule has 0 saturated carbocycles. The Morgan fingerprint density at radius 3 is 2.65 bits per heavy atom. The van der Waals surface area contributed by atoms with Gasteiger partial charge in [-0.1, -0.05) is 24.9 Å². The summed E-state index contributed by atoms with van der Waals surface area (Å²) in [4.78, 5) is 24.4. The number of nitrogens with one attached hydrogen (secondary N) is 1. The zero-order valence-electron chi connectivity index (χ0n) is 15.2. The molecule has 0 aliphatic rings. The highest BCUT2D eigenvalue weighted by atomic mass is 16.5. The first-order chi connectivity index (χ1) is 12.1. The second-order valence-corrected chi connectivity index (χ2v) is 7.00. The van der Waals surface area contributed by atoms with Crippen LogP contribution in [0.1, 0.15) is 32.9 Å². The number of aliphatic hydroxyl groups excluding tert-OH is 1. The van der Waals surface area contributed by atoms with Gasteiger partial charge in [0.15, 0.2) is 0 Å². The smallest absolute Gasteiger partial charge is 0.366 e. The van der Waals surface area contributed by atoms with E-state index in [0.717, 1.165) is 0 Å². The van der Waals surface area contributed by atoms with Crippen LogP contribution in [0.2, 0.25) is 0 Å². The minimum Gasteiger partial charge on any atom is -0.396 e. The number of fused-ring (bicyclic) bond motifs is 1. The fraction of sp³-hybridized carbons (Fsp3) is 0.421. The molecule has 1 atom stereocenters. The Morgan fingerprint density at radius 2 is 2.04 bits per heavy atom. The molecule has 1 aromatic carbocycles. The van der Waals surface area contributed by atoms with Gasteiger partial charge in [-0.3, -0.25) is 4.79 Å². The maximum atomic E-state index is 12.7. The van der Waals surface area contributed by atoms with Crippen molar-refractivity contribution in [3.8, 4) is 11.8 Å². The number of carbonyl (C=O) groups is 1. The standard InChI is InChI=1S/C19H22N2O5/c1-5-8-19(25,10-18(3,4)11-22)17(24)20-13-6-7-14-15(9-13)12(2)21-26-16(14)23/h6-7,9,22,25H,10-11H2,1-4H3,(H,20,24). The van der Waals surface area contributed by atoms with Gasteiger partial charge in [0, 0.05) is 24.1 Å². The maximum Gasteiger partial charge on any atom is 0.366 e. The van der Waals surface area contributed by atoms with Gasteiger partial charge in [0.05, 0.1) is 11.1 Å². The monoisotopic (exact) mass is 358 g/mol. The number of aromatic nitrogens is 1. The molecule has 1 aromatic heterocycles. The lowest BCUT2D eigenvalue weighted by Crippen LogP contribution is -2.45. The second-order valence-electron chi connectivity index (χ2n) is 7.00. The summed E-state index contributed by atoms with van der Waals surface area (Å²) in [6.45, 7) is 6.46. The Kier molecular flexibility index (Phi) is 5.50. The topological polar surface area (TPSA) is 113 Å². The minimum absolute atomic E-state index is 0.0407. The third-order valence-corrected chi connectivity index (χ3v) is 4.02. The lowest BCUT2D eigenvalue weighted by Gasteiger charge is -2.30. The van der Waals surface area contributed by atoms with E-state index in [-0.39, 0.29) is 13.0 Å². The van der Waals surface area contributed by atoms with E-state index >= 15 is 0 Å². The Bertz CT molecular complexity index is 952. The van der Waals surface area contributed by atoms with Crippen LogP contribution in [0, 0.1) is 24.2 Å². The van der Waals surface area contributed by atoms with Crippen LogP contribution in [0.4, 0.5) is 5.69 Å². The average molecular weight is 358 g/mol. The molecule has 2 rings (SSSR count). The number of nitrogens with zero attached hydrogens (tertiary/aromatic N) is 1. The predicted octanol–water partition coefficient (Wildman–Crippen LogP) is 1.60. The zero-order chi connectivity index (χ0) is 19.5. The Balaban J connectivity index is 2.37. The SMILES string of the molecule is CC#CC(O)(CC(C)(C)CO)C(=O)Nc1ccc2c(=O)onc(C)c2c1. The summed E-state index contributed by atoms with van der Waals surface area (Å²) in [7, 11) is 0. The van der Waals surface area contributed by atoms with E-state index in [9.17, 15) is 19.8 Å². The van der Waals surface area contributed by atoms with Gasteiger partial charge in [-0.2, -0.15) is 0 Å². The summed E-state index contributed by atoms with van der Waals surface area (Å²) in [6.07, 6.45) is -0.0407. The number of amides is 1. The van der Waals surface area contributed by atoms with Crippen molar-refractivity contribution in [1.29, 1.82) is 0 Å². The first kappa shape index (κ1) is 19.6. The largest absolute Gasteiger partial charge is 0.396 e. The summed E-state index contributed by atoms with van der Waals surface area (Å²) in [5, 5.41) is 27.4. The van der Waals surface area contributed by atoms with Crippen LogP contribution in [0.15, 0.2) is 27.5 Å². The lowest BCUT2D eigenvalue weighted by atomic mass is 9.80. The Labute approximate surface area is 151 Å². The van der Waals surface area contributed by atoms with Gasteiger partial charge >= 0.3 is 5.63 Å². The van der Waals surface area contributed by atoms with Crippen molar-refractivity contribution in [3.05, 3.63) is 34.3 Å². The van der Waals surface area contributed by atoms with Crippen LogP contribution in [-0.4, -0.2) is 33.5 Å². The number of benzene rings is 1. The summed E-state index contributed by atoms with van der Waals surface area (Å²) in [5.74, 6) is 4.39. The molecule has 1 unspecified atom stereocenters. The van der Waals surface area contributed by atoms with Gasteiger partial charge < -0.3 is 20.1 Å².